The van der Waals surface area contributed by atoms with Crippen molar-refractivity contribution in [3.8, 4) is 0 Å². The lowest BCUT2D eigenvalue weighted by Gasteiger charge is -2.21. The Labute approximate surface area is 164 Å². The Morgan fingerprint density at radius 3 is 2.52 bits per heavy atom. The third-order valence-corrected chi connectivity index (χ3v) is 4.95. The second-order valence-electron chi connectivity index (χ2n) is 6.67. The number of thiocarbonyl (C=S) groups is 1. The highest BCUT2D eigenvalue weighted by Gasteiger charge is 2.20. The van der Waals surface area contributed by atoms with E-state index in [1.54, 1.807) is 6.08 Å². The number of hydrazine groups is 1. The van der Waals surface area contributed by atoms with Crippen LogP contribution >= 0.6 is 12.2 Å². The molecule has 1 saturated carbocycles. The van der Waals surface area contributed by atoms with Gasteiger partial charge in [0.05, 0.1) is 0 Å². The summed E-state index contributed by atoms with van der Waals surface area (Å²) in [7, 11) is 0. The van der Waals surface area contributed by atoms with Gasteiger partial charge in [0, 0.05) is 12.0 Å². The van der Waals surface area contributed by atoms with Gasteiger partial charge in [-0.15, -0.1) is 0 Å². The van der Waals surface area contributed by atoms with Crippen LogP contribution in [0.5, 0.6) is 0 Å². The Morgan fingerprint density at radius 2 is 1.70 bits per heavy atom. The molecular weight excluding hydrogens is 358 g/mol. The SMILES string of the molecule is O=C(C=Cc1cccc2ccccc12)NC(=S)NNC(=O)C1CCCCC1. The number of carbonyl (C=O) groups excluding carboxylic acids is 2. The van der Waals surface area contributed by atoms with Crippen LogP contribution in [0, 0.1) is 5.92 Å². The molecule has 2 aromatic rings. The maximum Gasteiger partial charge on any atom is 0.250 e. The number of benzene rings is 2. The minimum Gasteiger partial charge on any atom is -0.298 e. The highest BCUT2D eigenvalue weighted by molar-refractivity contribution is 7.80. The van der Waals surface area contributed by atoms with Crippen LogP contribution in [0.3, 0.4) is 0 Å². The van der Waals surface area contributed by atoms with E-state index in [1.807, 2.05) is 42.5 Å². The van der Waals surface area contributed by atoms with Crippen LogP contribution < -0.4 is 16.2 Å². The van der Waals surface area contributed by atoms with Gasteiger partial charge in [-0.3, -0.25) is 25.8 Å². The van der Waals surface area contributed by atoms with Gasteiger partial charge in [0.15, 0.2) is 5.11 Å². The van der Waals surface area contributed by atoms with Crippen LogP contribution in [-0.2, 0) is 9.59 Å². The summed E-state index contributed by atoms with van der Waals surface area (Å²) in [6.07, 6.45) is 8.34. The summed E-state index contributed by atoms with van der Waals surface area (Å²) in [4.78, 5) is 24.1. The molecule has 3 rings (SSSR count). The van der Waals surface area contributed by atoms with E-state index in [4.69, 9.17) is 12.2 Å². The van der Waals surface area contributed by atoms with Gasteiger partial charge in [0.25, 0.3) is 0 Å². The van der Waals surface area contributed by atoms with E-state index in [2.05, 4.69) is 16.2 Å². The van der Waals surface area contributed by atoms with Crippen LogP contribution in [0.2, 0.25) is 0 Å². The first-order chi connectivity index (χ1) is 13.1. The van der Waals surface area contributed by atoms with Gasteiger partial charge < -0.3 is 0 Å². The van der Waals surface area contributed by atoms with Gasteiger partial charge in [-0.05, 0) is 47.5 Å². The number of rotatable bonds is 3. The van der Waals surface area contributed by atoms with Gasteiger partial charge in [-0.1, -0.05) is 61.7 Å². The third-order valence-electron chi connectivity index (χ3n) is 4.75. The molecule has 0 unspecified atom stereocenters. The van der Waals surface area contributed by atoms with Crippen LogP contribution in [0.15, 0.2) is 48.5 Å². The summed E-state index contributed by atoms with van der Waals surface area (Å²) in [5.41, 5.74) is 6.14. The molecule has 27 heavy (non-hydrogen) atoms. The molecular formula is C21H23N3O2S. The maximum atomic E-state index is 12.1. The number of nitrogens with one attached hydrogen (secondary N) is 3. The molecule has 1 fully saturated rings. The van der Waals surface area contributed by atoms with Gasteiger partial charge in [0.2, 0.25) is 11.8 Å². The zero-order chi connectivity index (χ0) is 19.1. The summed E-state index contributed by atoms with van der Waals surface area (Å²) >= 11 is 5.07. The smallest absolute Gasteiger partial charge is 0.250 e. The van der Waals surface area contributed by atoms with E-state index in [1.165, 1.54) is 12.5 Å². The zero-order valence-corrected chi connectivity index (χ0v) is 15.9. The topological polar surface area (TPSA) is 70.2 Å². The van der Waals surface area contributed by atoms with Crippen molar-refractivity contribution in [1.82, 2.24) is 16.2 Å². The fraction of sp³-hybridized carbons (Fsp3) is 0.286. The first-order valence-electron chi connectivity index (χ1n) is 9.20. The molecule has 0 bridgehead atoms. The second-order valence-corrected chi connectivity index (χ2v) is 7.08. The fourth-order valence-electron chi connectivity index (χ4n) is 3.33. The monoisotopic (exact) mass is 381 g/mol. The molecule has 0 saturated heterocycles. The number of hydrogen-bond acceptors (Lipinski definition) is 3. The molecule has 140 valence electrons. The van der Waals surface area contributed by atoms with Crippen LogP contribution in [-0.4, -0.2) is 16.9 Å². The van der Waals surface area contributed by atoms with Crippen molar-refractivity contribution in [2.75, 3.05) is 0 Å². The lowest BCUT2D eigenvalue weighted by atomic mass is 9.89. The summed E-state index contributed by atoms with van der Waals surface area (Å²) in [5.74, 6) is -0.402. The predicted octanol–water partition coefficient (Wildman–Crippen LogP) is 3.46. The molecule has 6 heteroatoms. The second kappa shape index (κ2) is 9.28. The van der Waals surface area contributed by atoms with Gasteiger partial charge >= 0.3 is 0 Å². The van der Waals surface area contributed by atoms with E-state index in [9.17, 15) is 9.59 Å². The molecule has 5 nitrogen and oxygen atoms in total. The standard InChI is InChI=1S/C21H23N3O2S/c25-19(14-13-16-11-6-10-15-7-4-5-12-18(15)16)22-21(27)24-23-20(26)17-8-2-1-3-9-17/h4-7,10-14,17H,1-3,8-9H2,(H,23,26)(H2,22,24,25,27). The molecule has 1 aliphatic carbocycles. The lowest BCUT2D eigenvalue weighted by molar-refractivity contribution is -0.126. The Kier molecular flexibility index (Phi) is 6.54. The van der Waals surface area contributed by atoms with E-state index < -0.39 is 0 Å². The summed E-state index contributed by atoms with van der Waals surface area (Å²) in [5, 5.41) is 4.80. The average molecular weight is 382 g/mol. The van der Waals surface area contributed by atoms with Crippen LogP contribution in [0.4, 0.5) is 0 Å². The van der Waals surface area contributed by atoms with Crippen molar-refractivity contribution >= 4 is 46.0 Å². The van der Waals surface area contributed by atoms with E-state index in [0.717, 1.165) is 42.0 Å². The minimum atomic E-state index is -0.354. The van der Waals surface area contributed by atoms with Crippen molar-refractivity contribution in [3.63, 3.8) is 0 Å². The first kappa shape index (κ1) is 19.0. The number of amides is 2. The normalized spacial score (nSPS) is 14.8. The van der Waals surface area contributed by atoms with Gasteiger partial charge in [-0.25, -0.2) is 0 Å². The molecule has 3 N–H and O–H groups in total. The largest absolute Gasteiger partial charge is 0.298 e. The number of fused-ring (bicyclic) bond motifs is 1. The first-order valence-corrected chi connectivity index (χ1v) is 9.61. The zero-order valence-electron chi connectivity index (χ0n) is 15.0. The van der Waals surface area contributed by atoms with E-state index in [0.29, 0.717) is 0 Å². The number of carbonyl (C=O) groups is 2. The molecule has 0 spiro atoms. The summed E-state index contributed by atoms with van der Waals surface area (Å²) < 4.78 is 0. The third kappa shape index (κ3) is 5.37. The Balaban J connectivity index is 1.50. The predicted molar refractivity (Wildman–Crippen MR) is 112 cm³/mol. The van der Waals surface area contributed by atoms with Gasteiger partial charge in [-0.2, -0.15) is 0 Å². The van der Waals surface area contributed by atoms with Gasteiger partial charge in [0.1, 0.15) is 0 Å². The van der Waals surface area contributed by atoms with Crippen molar-refractivity contribution < 1.29 is 9.59 Å². The van der Waals surface area contributed by atoms with Crippen molar-refractivity contribution in [3.05, 3.63) is 54.1 Å². The molecule has 2 aromatic carbocycles. The Bertz CT molecular complexity index is 867. The molecule has 2 amide bonds. The Morgan fingerprint density at radius 1 is 0.963 bits per heavy atom. The summed E-state index contributed by atoms with van der Waals surface area (Å²) in [6.45, 7) is 0. The fourth-order valence-corrected chi connectivity index (χ4v) is 3.48. The lowest BCUT2D eigenvalue weighted by Crippen LogP contribution is -2.50. The Hall–Kier alpha value is -2.73. The van der Waals surface area contributed by atoms with Crippen molar-refractivity contribution in [2.45, 2.75) is 32.1 Å². The molecule has 0 atom stereocenters. The van der Waals surface area contributed by atoms with E-state index >= 15 is 0 Å². The quantitative estimate of drug-likeness (QED) is 0.433. The van der Waals surface area contributed by atoms with Crippen molar-refractivity contribution in [1.29, 1.82) is 0 Å². The summed E-state index contributed by atoms with van der Waals surface area (Å²) in [6, 6.07) is 13.9. The maximum absolute atomic E-state index is 12.1. The number of hydrogen-bond donors (Lipinski definition) is 3. The minimum absolute atomic E-state index is 0.0241. The average Bonchev–Trinajstić information content (AvgIpc) is 2.71. The highest BCUT2D eigenvalue weighted by Crippen LogP contribution is 2.23. The van der Waals surface area contributed by atoms with Crippen LogP contribution in [0.1, 0.15) is 37.7 Å². The molecule has 0 aliphatic heterocycles. The molecule has 0 heterocycles. The van der Waals surface area contributed by atoms with Crippen molar-refractivity contribution in [2.24, 2.45) is 5.92 Å². The van der Waals surface area contributed by atoms with Crippen LogP contribution in [0.25, 0.3) is 16.8 Å². The van der Waals surface area contributed by atoms with E-state index in [-0.39, 0.29) is 22.8 Å². The highest BCUT2D eigenvalue weighted by atomic mass is 32.1. The molecule has 0 aromatic heterocycles. The molecule has 1 aliphatic rings. The molecule has 0 radical (unpaired) electrons.